The average molecular weight is 241 g/mol. The van der Waals surface area contributed by atoms with Gasteiger partial charge in [0.05, 0.1) is 0 Å². The summed E-state index contributed by atoms with van der Waals surface area (Å²) in [5, 5.41) is 0. The zero-order valence-electron chi connectivity index (χ0n) is 7.63. The third-order valence-corrected chi connectivity index (χ3v) is 2.12. The van der Waals surface area contributed by atoms with Crippen molar-refractivity contribution in [2.75, 3.05) is 6.54 Å². The van der Waals surface area contributed by atoms with Crippen molar-refractivity contribution in [2.45, 2.75) is 13.3 Å². The van der Waals surface area contributed by atoms with E-state index in [1.165, 1.54) is 0 Å². The molecule has 3 heteroatoms. The predicted octanol–water partition coefficient (Wildman–Crippen LogP) is 2.56. The Hall–Kier alpha value is -0.830. The Balaban J connectivity index is 2.82. The Morgan fingerprint density at radius 1 is 1.54 bits per heavy atom. The van der Waals surface area contributed by atoms with Crippen LogP contribution >= 0.6 is 15.9 Å². The van der Waals surface area contributed by atoms with E-state index in [0.29, 0.717) is 5.84 Å². The third-order valence-electron chi connectivity index (χ3n) is 1.63. The molecule has 0 atom stereocenters. The third kappa shape index (κ3) is 3.19. The fraction of sp³-hybridized carbons (Fsp3) is 0.300. The van der Waals surface area contributed by atoms with Crippen LogP contribution in [0.2, 0.25) is 0 Å². The van der Waals surface area contributed by atoms with Gasteiger partial charge in [-0.2, -0.15) is 0 Å². The van der Waals surface area contributed by atoms with Gasteiger partial charge in [0.2, 0.25) is 0 Å². The highest BCUT2D eigenvalue weighted by molar-refractivity contribution is 9.10. The Labute approximate surface area is 87.0 Å². The summed E-state index contributed by atoms with van der Waals surface area (Å²) in [7, 11) is 0. The zero-order chi connectivity index (χ0) is 9.68. The molecule has 2 N–H and O–H groups in total. The number of rotatable bonds is 3. The fourth-order valence-electron chi connectivity index (χ4n) is 0.971. The van der Waals surface area contributed by atoms with Gasteiger partial charge in [-0.1, -0.05) is 35.0 Å². The molecule has 13 heavy (non-hydrogen) atoms. The number of halogens is 1. The van der Waals surface area contributed by atoms with E-state index >= 15 is 0 Å². The van der Waals surface area contributed by atoms with Gasteiger partial charge in [0.25, 0.3) is 0 Å². The number of aliphatic imine (C=N–C) groups is 1. The van der Waals surface area contributed by atoms with E-state index in [4.69, 9.17) is 5.73 Å². The molecule has 0 spiro atoms. The maximum Gasteiger partial charge on any atom is 0.125 e. The van der Waals surface area contributed by atoms with E-state index in [1.807, 2.05) is 24.3 Å². The lowest BCUT2D eigenvalue weighted by molar-refractivity contribution is 0.930. The van der Waals surface area contributed by atoms with Crippen LogP contribution < -0.4 is 5.73 Å². The molecule has 1 aromatic carbocycles. The van der Waals surface area contributed by atoms with E-state index in [1.54, 1.807) is 0 Å². The van der Waals surface area contributed by atoms with Crippen molar-refractivity contribution in [1.29, 1.82) is 0 Å². The first-order valence-electron chi connectivity index (χ1n) is 4.30. The number of hydrogen-bond donors (Lipinski definition) is 1. The van der Waals surface area contributed by atoms with Crippen LogP contribution in [0.5, 0.6) is 0 Å². The lowest BCUT2D eigenvalue weighted by atomic mass is 10.2. The summed E-state index contributed by atoms with van der Waals surface area (Å²) in [5.74, 6) is 0.614. The second-order valence-corrected chi connectivity index (χ2v) is 3.69. The van der Waals surface area contributed by atoms with Gasteiger partial charge in [0.15, 0.2) is 0 Å². The van der Waals surface area contributed by atoms with Gasteiger partial charge < -0.3 is 5.73 Å². The molecule has 0 bridgehead atoms. The molecular formula is C10H13BrN2. The average Bonchev–Trinajstić information content (AvgIpc) is 2.14. The first kappa shape index (κ1) is 10.3. The minimum absolute atomic E-state index is 0.614. The molecule has 0 aliphatic rings. The second-order valence-electron chi connectivity index (χ2n) is 2.78. The number of benzene rings is 1. The van der Waals surface area contributed by atoms with Crippen molar-refractivity contribution >= 4 is 21.8 Å². The smallest absolute Gasteiger partial charge is 0.125 e. The van der Waals surface area contributed by atoms with Gasteiger partial charge >= 0.3 is 0 Å². The van der Waals surface area contributed by atoms with Crippen molar-refractivity contribution in [1.82, 2.24) is 0 Å². The molecule has 0 unspecified atom stereocenters. The van der Waals surface area contributed by atoms with Crippen LogP contribution in [-0.2, 0) is 0 Å². The summed E-state index contributed by atoms with van der Waals surface area (Å²) >= 11 is 3.39. The molecule has 0 aliphatic carbocycles. The summed E-state index contributed by atoms with van der Waals surface area (Å²) in [6, 6.07) is 7.85. The molecule has 0 heterocycles. The Morgan fingerprint density at radius 2 is 2.31 bits per heavy atom. The van der Waals surface area contributed by atoms with Gasteiger partial charge in [0, 0.05) is 16.6 Å². The van der Waals surface area contributed by atoms with Crippen molar-refractivity contribution < 1.29 is 0 Å². The summed E-state index contributed by atoms with van der Waals surface area (Å²) in [6.45, 7) is 2.87. The second kappa shape index (κ2) is 5.02. The van der Waals surface area contributed by atoms with E-state index in [-0.39, 0.29) is 0 Å². The fourth-order valence-corrected chi connectivity index (χ4v) is 1.37. The van der Waals surface area contributed by atoms with E-state index < -0.39 is 0 Å². The monoisotopic (exact) mass is 240 g/mol. The van der Waals surface area contributed by atoms with E-state index in [0.717, 1.165) is 23.0 Å². The Bertz CT molecular complexity index is 308. The first-order valence-corrected chi connectivity index (χ1v) is 5.09. The molecule has 0 amide bonds. The highest BCUT2D eigenvalue weighted by Gasteiger charge is 1.97. The molecule has 1 rings (SSSR count). The van der Waals surface area contributed by atoms with Crippen LogP contribution in [0.25, 0.3) is 0 Å². The summed E-state index contributed by atoms with van der Waals surface area (Å²) in [4.78, 5) is 4.23. The normalized spacial score (nSPS) is 11.7. The molecular weight excluding hydrogens is 228 g/mol. The molecule has 0 saturated heterocycles. The summed E-state index contributed by atoms with van der Waals surface area (Å²) in [5.41, 5.74) is 6.75. The zero-order valence-corrected chi connectivity index (χ0v) is 9.21. The van der Waals surface area contributed by atoms with Crippen LogP contribution in [-0.4, -0.2) is 12.4 Å². The minimum Gasteiger partial charge on any atom is -0.384 e. The molecule has 2 nitrogen and oxygen atoms in total. The van der Waals surface area contributed by atoms with Crippen LogP contribution in [0.3, 0.4) is 0 Å². The highest BCUT2D eigenvalue weighted by atomic mass is 79.9. The van der Waals surface area contributed by atoms with Gasteiger partial charge in [-0.25, -0.2) is 0 Å². The van der Waals surface area contributed by atoms with Crippen molar-refractivity contribution in [2.24, 2.45) is 10.7 Å². The van der Waals surface area contributed by atoms with Crippen molar-refractivity contribution in [3.63, 3.8) is 0 Å². The SMILES string of the molecule is CCCN=C(N)c1cccc(Br)c1. The van der Waals surface area contributed by atoms with Gasteiger partial charge in [-0.15, -0.1) is 0 Å². The number of amidine groups is 1. The molecule has 0 aliphatic heterocycles. The molecule has 1 aromatic rings. The Morgan fingerprint density at radius 3 is 2.92 bits per heavy atom. The Kier molecular flexibility index (Phi) is 3.96. The lowest BCUT2D eigenvalue weighted by Crippen LogP contribution is -2.13. The van der Waals surface area contributed by atoms with Crippen LogP contribution in [0, 0.1) is 0 Å². The standard InChI is InChI=1S/C10H13BrN2/c1-2-6-13-10(12)8-4-3-5-9(11)7-8/h3-5,7H,2,6H2,1H3,(H2,12,13). The van der Waals surface area contributed by atoms with Gasteiger partial charge in [-0.05, 0) is 18.6 Å². The highest BCUT2D eigenvalue weighted by Crippen LogP contribution is 2.11. The maximum absolute atomic E-state index is 5.78. The molecule has 0 fully saturated rings. The van der Waals surface area contributed by atoms with E-state index in [9.17, 15) is 0 Å². The number of nitrogens with zero attached hydrogens (tertiary/aromatic N) is 1. The molecule has 0 radical (unpaired) electrons. The predicted molar refractivity (Wildman–Crippen MR) is 60.0 cm³/mol. The summed E-state index contributed by atoms with van der Waals surface area (Å²) < 4.78 is 1.03. The van der Waals surface area contributed by atoms with Crippen molar-refractivity contribution in [3.8, 4) is 0 Å². The van der Waals surface area contributed by atoms with Crippen LogP contribution in [0.15, 0.2) is 33.7 Å². The molecule has 70 valence electrons. The quantitative estimate of drug-likeness (QED) is 0.641. The topological polar surface area (TPSA) is 38.4 Å². The van der Waals surface area contributed by atoms with E-state index in [2.05, 4.69) is 27.8 Å². The number of hydrogen-bond acceptors (Lipinski definition) is 1. The minimum atomic E-state index is 0.614. The molecule has 0 saturated carbocycles. The van der Waals surface area contributed by atoms with Crippen molar-refractivity contribution in [3.05, 3.63) is 34.3 Å². The maximum atomic E-state index is 5.78. The lowest BCUT2D eigenvalue weighted by Gasteiger charge is -2.00. The number of nitrogens with two attached hydrogens (primary N) is 1. The first-order chi connectivity index (χ1) is 6.24. The van der Waals surface area contributed by atoms with Crippen LogP contribution in [0.4, 0.5) is 0 Å². The van der Waals surface area contributed by atoms with Gasteiger partial charge in [-0.3, -0.25) is 4.99 Å². The van der Waals surface area contributed by atoms with Gasteiger partial charge in [0.1, 0.15) is 5.84 Å². The molecule has 0 aromatic heterocycles. The van der Waals surface area contributed by atoms with Crippen LogP contribution in [0.1, 0.15) is 18.9 Å². The summed E-state index contributed by atoms with van der Waals surface area (Å²) in [6.07, 6.45) is 1.02. The largest absolute Gasteiger partial charge is 0.384 e.